The van der Waals surface area contributed by atoms with Crippen molar-refractivity contribution in [2.24, 2.45) is 7.05 Å². The van der Waals surface area contributed by atoms with Crippen LogP contribution in [0.25, 0.3) is 0 Å². The fourth-order valence-electron chi connectivity index (χ4n) is 1.13. The Hall–Kier alpha value is -0.940. The van der Waals surface area contributed by atoms with Crippen LogP contribution in [0.2, 0.25) is 0 Å². The summed E-state index contributed by atoms with van der Waals surface area (Å²) in [5.41, 5.74) is 1.26. The third kappa shape index (κ3) is 3.28. The van der Waals surface area contributed by atoms with Gasteiger partial charge < -0.3 is 10.2 Å². The smallest absolute Gasteiger partial charge is 0.0738 e. The molecule has 0 aliphatic heterocycles. The van der Waals surface area contributed by atoms with E-state index in [0.717, 1.165) is 18.8 Å². The third-order valence-electron chi connectivity index (χ3n) is 2.88. The average Bonchev–Trinajstić information content (AvgIpc) is 2.51. The Labute approximate surface area is 91.5 Å². The highest BCUT2D eigenvalue weighted by Crippen LogP contribution is 2.08. The van der Waals surface area contributed by atoms with E-state index in [4.69, 9.17) is 0 Å². The first-order valence-electron chi connectivity index (χ1n) is 5.15. The van der Waals surface area contributed by atoms with E-state index in [1.54, 1.807) is 10.9 Å². The topological polar surface area (TPSA) is 46.0 Å². The second kappa shape index (κ2) is 4.72. The van der Waals surface area contributed by atoms with Crippen LogP contribution in [0.1, 0.15) is 19.5 Å². The largest absolute Gasteiger partial charge is 0.309 e. The van der Waals surface area contributed by atoms with Crippen LogP contribution >= 0.6 is 0 Å². The molecule has 1 rings (SSSR count). The lowest BCUT2D eigenvalue weighted by Crippen LogP contribution is -2.46. The minimum Gasteiger partial charge on any atom is -0.309 e. The lowest BCUT2D eigenvalue weighted by Gasteiger charge is -2.32. The van der Waals surface area contributed by atoms with Crippen LogP contribution in [-0.4, -0.2) is 46.1 Å². The monoisotopic (exact) mass is 211 g/mol. The Balaban J connectivity index is 2.37. The Kier molecular flexibility index (Phi) is 3.82. The predicted molar refractivity (Wildman–Crippen MR) is 60.5 cm³/mol. The van der Waals surface area contributed by atoms with Crippen LogP contribution in [-0.2, 0) is 13.6 Å². The first kappa shape index (κ1) is 12.1. The van der Waals surface area contributed by atoms with E-state index in [2.05, 4.69) is 48.5 Å². The number of hydrogen-bond donors (Lipinski definition) is 1. The van der Waals surface area contributed by atoms with Gasteiger partial charge in [0.15, 0.2) is 0 Å². The van der Waals surface area contributed by atoms with E-state index < -0.39 is 0 Å². The van der Waals surface area contributed by atoms with Gasteiger partial charge in [0.2, 0.25) is 0 Å². The van der Waals surface area contributed by atoms with Crippen LogP contribution in [0.4, 0.5) is 0 Å². The molecule has 1 N–H and O–H groups in total. The summed E-state index contributed by atoms with van der Waals surface area (Å²) < 4.78 is 1.79. The third-order valence-corrected chi connectivity index (χ3v) is 2.88. The Morgan fingerprint density at radius 3 is 2.60 bits per heavy atom. The number of hydrogen-bond acceptors (Lipinski definition) is 4. The maximum absolute atomic E-state index is 3.88. The van der Waals surface area contributed by atoms with Gasteiger partial charge >= 0.3 is 0 Å². The molecule has 0 aliphatic rings. The van der Waals surface area contributed by atoms with Crippen molar-refractivity contribution in [2.45, 2.75) is 25.9 Å². The van der Waals surface area contributed by atoms with Gasteiger partial charge in [-0.1, -0.05) is 5.21 Å². The second-order valence-electron chi connectivity index (χ2n) is 4.66. The maximum Gasteiger partial charge on any atom is 0.0738 e. The summed E-state index contributed by atoms with van der Waals surface area (Å²) >= 11 is 0. The molecule has 0 aromatic carbocycles. The zero-order valence-electron chi connectivity index (χ0n) is 10.3. The maximum atomic E-state index is 3.88. The molecule has 0 radical (unpaired) electrons. The van der Waals surface area contributed by atoms with Crippen LogP contribution in [0, 0.1) is 0 Å². The van der Waals surface area contributed by atoms with Crippen LogP contribution in [0.5, 0.6) is 0 Å². The quantitative estimate of drug-likeness (QED) is 0.758. The second-order valence-corrected chi connectivity index (χ2v) is 4.66. The van der Waals surface area contributed by atoms with Crippen molar-refractivity contribution in [3.8, 4) is 0 Å². The molecule has 0 spiro atoms. The predicted octanol–water partition coefficient (Wildman–Crippen LogP) is 0.245. The molecular formula is C10H21N5. The van der Waals surface area contributed by atoms with E-state index in [1.165, 1.54) is 0 Å². The average molecular weight is 211 g/mol. The number of nitrogens with zero attached hydrogens (tertiary/aromatic N) is 4. The van der Waals surface area contributed by atoms with Gasteiger partial charge in [-0.05, 0) is 27.9 Å². The van der Waals surface area contributed by atoms with Gasteiger partial charge in [-0.15, -0.1) is 5.10 Å². The summed E-state index contributed by atoms with van der Waals surface area (Å²) in [4.78, 5) is 2.21. The summed E-state index contributed by atoms with van der Waals surface area (Å²) in [6, 6.07) is 0. The molecule has 0 aliphatic carbocycles. The van der Waals surface area contributed by atoms with Crippen molar-refractivity contribution < 1.29 is 0 Å². The molecule has 0 amide bonds. The molecule has 1 aromatic rings. The zero-order chi connectivity index (χ0) is 11.5. The summed E-state index contributed by atoms with van der Waals surface area (Å²) in [5.74, 6) is 0. The van der Waals surface area contributed by atoms with E-state index in [-0.39, 0.29) is 5.54 Å². The highest BCUT2D eigenvalue weighted by atomic mass is 15.4. The lowest BCUT2D eigenvalue weighted by molar-refractivity contribution is 0.189. The summed E-state index contributed by atoms with van der Waals surface area (Å²) in [6.45, 7) is 6.16. The molecular weight excluding hydrogens is 190 g/mol. The van der Waals surface area contributed by atoms with Crippen molar-refractivity contribution in [1.82, 2.24) is 25.2 Å². The van der Waals surface area contributed by atoms with Crippen LogP contribution in [0.3, 0.4) is 0 Å². The van der Waals surface area contributed by atoms with Crippen LogP contribution < -0.4 is 5.32 Å². The molecule has 0 fully saturated rings. The standard InChI is InChI=1S/C10H21N5/c1-10(2,14(3)4)8-11-6-9-7-12-13-15(9)5/h7,11H,6,8H2,1-5H3. The van der Waals surface area contributed by atoms with Crippen molar-refractivity contribution in [1.29, 1.82) is 0 Å². The molecule has 15 heavy (non-hydrogen) atoms. The summed E-state index contributed by atoms with van der Waals surface area (Å²) in [5, 5.41) is 11.1. The van der Waals surface area contributed by atoms with Crippen molar-refractivity contribution >= 4 is 0 Å². The molecule has 0 saturated carbocycles. The molecule has 1 heterocycles. The van der Waals surface area contributed by atoms with E-state index >= 15 is 0 Å². The number of aryl methyl sites for hydroxylation is 1. The van der Waals surface area contributed by atoms with Gasteiger partial charge in [-0.2, -0.15) is 0 Å². The molecule has 5 nitrogen and oxygen atoms in total. The number of nitrogens with one attached hydrogen (secondary N) is 1. The molecule has 0 atom stereocenters. The number of likely N-dealkylation sites (N-methyl/N-ethyl adjacent to an activating group) is 1. The highest BCUT2D eigenvalue weighted by molar-refractivity contribution is 4.93. The molecule has 5 heteroatoms. The molecule has 0 bridgehead atoms. The van der Waals surface area contributed by atoms with Crippen molar-refractivity contribution in [3.05, 3.63) is 11.9 Å². The summed E-state index contributed by atoms with van der Waals surface area (Å²) in [7, 11) is 6.09. The van der Waals surface area contributed by atoms with Gasteiger partial charge in [-0.3, -0.25) is 4.68 Å². The van der Waals surface area contributed by atoms with E-state index in [9.17, 15) is 0 Å². The van der Waals surface area contributed by atoms with Gasteiger partial charge in [-0.25, -0.2) is 0 Å². The fourth-order valence-corrected chi connectivity index (χ4v) is 1.13. The molecule has 0 saturated heterocycles. The minimum atomic E-state index is 0.159. The minimum absolute atomic E-state index is 0.159. The zero-order valence-corrected chi connectivity index (χ0v) is 10.3. The molecule has 86 valence electrons. The normalized spacial score (nSPS) is 12.4. The fraction of sp³-hybridized carbons (Fsp3) is 0.800. The van der Waals surface area contributed by atoms with Gasteiger partial charge in [0.1, 0.15) is 0 Å². The van der Waals surface area contributed by atoms with Gasteiger partial charge in [0.05, 0.1) is 11.9 Å². The van der Waals surface area contributed by atoms with E-state index in [0.29, 0.717) is 0 Å². The SMILES string of the molecule is CN(C)C(C)(C)CNCc1cnnn1C. The lowest BCUT2D eigenvalue weighted by atomic mass is 10.0. The number of rotatable bonds is 5. The van der Waals surface area contributed by atoms with Crippen LogP contribution in [0.15, 0.2) is 6.20 Å². The first-order valence-corrected chi connectivity index (χ1v) is 5.15. The van der Waals surface area contributed by atoms with Gasteiger partial charge in [0.25, 0.3) is 0 Å². The molecule has 0 unspecified atom stereocenters. The van der Waals surface area contributed by atoms with Gasteiger partial charge in [0, 0.05) is 25.7 Å². The Morgan fingerprint density at radius 1 is 1.47 bits per heavy atom. The Bertz CT molecular complexity index is 303. The van der Waals surface area contributed by atoms with Crippen molar-refractivity contribution in [3.63, 3.8) is 0 Å². The first-order chi connectivity index (χ1) is 6.93. The van der Waals surface area contributed by atoms with E-state index in [1.807, 2.05) is 7.05 Å². The summed E-state index contributed by atoms with van der Waals surface area (Å²) in [6.07, 6.45) is 1.79. The van der Waals surface area contributed by atoms with Crippen molar-refractivity contribution in [2.75, 3.05) is 20.6 Å². The number of aromatic nitrogens is 3. The highest BCUT2D eigenvalue weighted by Gasteiger charge is 2.19. The Morgan fingerprint density at radius 2 is 2.13 bits per heavy atom. The molecule has 1 aromatic heterocycles.